The summed E-state index contributed by atoms with van der Waals surface area (Å²) in [5.74, 6) is -1.06. The first-order valence-electron chi connectivity index (χ1n) is 8.53. The molecule has 1 saturated carbocycles. The van der Waals surface area contributed by atoms with Gasteiger partial charge in [0.25, 0.3) is 5.91 Å². The summed E-state index contributed by atoms with van der Waals surface area (Å²) < 4.78 is 24.6. The standard InChI is InChI=1S/C19H19ClN2O4S/c20-13-5-9-15(10-6-13)27(25,26)12-11-18(23)22-17-4-2-1-3-16(17)19(24)21-14-7-8-14/h1-6,9-10,14H,7-8,11-12H2,(H,21,24)(H,22,23). The van der Waals surface area contributed by atoms with Crippen LogP contribution in [0.15, 0.2) is 53.4 Å². The summed E-state index contributed by atoms with van der Waals surface area (Å²) in [7, 11) is -3.60. The normalized spacial score (nSPS) is 13.8. The van der Waals surface area contributed by atoms with E-state index in [0.29, 0.717) is 16.3 Å². The van der Waals surface area contributed by atoms with E-state index in [9.17, 15) is 18.0 Å². The minimum Gasteiger partial charge on any atom is -0.349 e. The van der Waals surface area contributed by atoms with Crippen molar-refractivity contribution < 1.29 is 18.0 Å². The zero-order chi connectivity index (χ0) is 19.4. The van der Waals surface area contributed by atoms with Crippen LogP contribution in [-0.2, 0) is 14.6 Å². The van der Waals surface area contributed by atoms with Crippen LogP contribution in [-0.4, -0.2) is 32.0 Å². The number of amides is 2. The van der Waals surface area contributed by atoms with Crippen LogP contribution in [0.5, 0.6) is 0 Å². The van der Waals surface area contributed by atoms with E-state index < -0.39 is 15.7 Å². The highest BCUT2D eigenvalue weighted by atomic mass is 35.5. The number of sulfone groups is 1. The van der Waals surface area contributed by atoms with E-state index in [1.165, 1.54) is 24.3 Å². The maximum Gasteiger partial charge on any atom is 0.253 e. The van der Waals surface area contributed by atoms with Gasteiger partial charge in [0.1, 0.15) is 0 Å². The van der Waals surface area contributed by atoms with Gasteiger partial charge in [-0.3, -0.25) is 9.59 Å². The summed E-state index contributed by atoms with van der Waals surface area (Å²) in [6.45, 7) is 0. The molecule has 0 unspecified atom stereocenters. The fraction of sp³-hybridized carbons (Fsp3) is 0.263. The molecule has 0 bridgehead atoms. The molecule has 0 aromatic heterocycles. The third-order valence-corrected chi connectivity index (χ3v) is 6.11. The maximum atomic E-state index is 12.3. The Hall–Kier alpha value is -2.38. The highest BCUT2D eigenvalue weighted by Crippen LogP contribution is 2.22. The van der Waals surface area contributed by atoms with Crippen molar-refractivity contribution in [1.29, 1.82) is 0 Å². The molecule has 2 aromatic carbocycles. The van der Waals surface area contributed by atoms with Gasteiger partial charge in [-0.25, -0.2) is 8.42 Å². The van der Waals surface area contributed by atoms with Gasteiger partial charge in [-0.1, -0.05) is 23.7 Å². The van der Waals surface area contributed by atoms with Gasteiger partial charge in [-0.05, 0) is 49.2 Å². The summed E-state index contributed by atoms with van der Waals surface area (Å²) in [4.78, 5) is 24.6. The number of anilines is 1. The van der Waals surface area contributed by atoms with Crippen molar-refractivity contribution in [2.45, 2.75) is 30.2 Å². The van der Waals surface area contributed by atoms with Crippen LogP contribution in [0.4, 0.5) is 5.69 Å². The molecule has 0 spiro atoms. The van der Waals surface area contributed by atoms with Gasteiger partial charge in [0.05, 0.1) is 21.9 Å². The number of nitrogens with one attached hydrogen (secondary N) is 2. The number of hydrogen-bond donors (Lipinski definition) is 2. The summed E-state index contributed by atoms with van der Waals surface area (Å²) in [6.07, 6.45) is 1.70. The number of carbonyl (C=O) groups excluding carboxylic acids is 2. The van der Waals surface area contributed by atoms with Gasteiger partial charge < -0.3 is 10.6 Å². The van der Waals surface area contributed by atoms with Crippen LogP contribution in [0, 0.1) is 0 Å². The Morgan fingerprint density at radius 3 is 2.37 bits per heavy atom. The topological polar surface area (TPSA) is 92.3 Å². The van der Waals surface area contributed by atoms with Crippen molar-refractivity contribution in [2.75, 3.05) is 11.1 Å². The molecule has 8 heteroatoms. The van der Waals surface area contributed by atoms with Gasteiger partial charge in [-0.2, -0.15) is 0 Å². The molecule has 142 valence electrons. The third-order valence-electron chi connectivity index (χ3n) is 4.13. The largest absolute Gasteiger partial charge is 0.349 e. The Morgan fingerprint density at radius 2 is 1.70 bits per heavy atom. The minimum absolute atomic E-state index is 0.115. The zero-order valence-corrected chi connectivity index (χ0v) is 16.0. The lowest BCUT2D eigenvalue weighted by Gasteiger charge is -2.11. The lowest BCUT2D eigenvalue weighted by molar-refractivity contribution is -0.115. The van der Waals surface area contributed by atoms with Gasteiger partial charge in [-0.15, -0.1) is 0 Å². The van der Waals surface area contributed by atoms with Crippen LogP contribution in [0.1, 0.15) is 29.6 Å². The highest BCUT2D eigenvalue weighted by Gasteiger charge is 2.25. The number of halogens is 1. The van der Waals surface area contributed by atoms with Crippen molar-refractivity contribution in [3.8, 4) is 0 Å². The van der Waals surface area contributed by atoms with Gasteiger partial charge in [0.2, 0.25) is 5.91 Å². The molecule has 6 nitrogen and oxygen atoms in total. The SMILES string of the molecule is O=C(CCS(=O)(=O)c1ccc(Cl)cc1)Nc1ccccc1C(=O)NC1CC1. The number of hydrogen-bond acceptors (Lipinski definition) is 4. The molecule has 2 N–H and O–H groups in total. The van der Waals surface area contributed by atoms with Gasteiger partial charge in [0, 0.05) is 17.5 Å². The molecule has 2 amide bonds. The van der Waals surface area contributed by atoms with Crippen LogP contribution < -0.4 is 10.6 Å². The molecule has 0 saturated heterocycles. The maximum absolute atomic E-state index is 12.3. The van der Waals surface area contributed by atoms with E-state index in [4.69, 9.17) is 11.6 Å². The van der Waals surface area contributed by atoms with Crippen molar-refractivity contribution in [3.63, 3.8) is 0 Å². The van der Waals surface area contributed by atoms with Gasteiger partial charge >= 0.3 is 0 Å². The number of para-hydroxylation sites is 1. The Kier molecular flexibility index (Phi) is 5.82. The van der Waals surface area contributed by atoms with Crippen LogP contribution in [0.2, 0.25) is 5.02 Å². The van der Waals surface area contributed by atoms with E-state index in [0.717, 1.165) is 12.8 Å². The summed E-state index contributed by atoms with van der Waals surface area (Å²) in [5.41, 5.74) is 0.725. The Bertz CT molecular complexity index is 954. The lowest BCUT2D eigenvalue weighted by atomic mass is 10.1. The monoisotopic (exact) mass is 406 g/mol. The lowest BCUT2D eigenvalue weighted by Crippen LogP contribution is -2.27. The van der Waals surface area contributed by atoms with E-state index in [-0.39, 0.29) is 29.0 Å². The fourth-order valence-corrected chi connectivity index (χ4v) is 3.85. The van der Waals surface area contributed by atoms with E-state index in [2.05, 4.69) is 10.6 Å². The quantitative estimate of drug-likeness (QED) is 0.739. The average Bonchev–Trinajstić information content (AvgIpc) is 3.45. The Balaban J connectivity index is 1.62. The summed E-state index contributed by atoms with van der Waals surface area (Å²) in [5, 5.41) is 5.94. The molecule has 27 heavy (non-hydrogen) atoms. The predicted octanol–water partition coefficient (Wildman–Crippen LogP) is 3.03. The molecule has 2 aromatic rings. The fourth-order valence-electron chi connectivity index (χ4n) is 2.48. The molecule has 1 aliphatic carbocycles. The molecule has 3 rings (SSSR count). The first-order valence-corrected chi connectivity index (χ1v) is 10.6. The van der Waals surface area contributed by atoms with E-state index in [1.807, 2.05) is 0 Å². The van der Waals surface area contributed by atoms with E-state index >= 15 is 0 Å². The van der Waals surface area contributed by atoms with Crippen molar-refractivity contribution in [2.24, 2.45) is 0 Å². The van der Waals surface area contributed by atoms with Gasteiger partial charge in [0.15, 0.2) is 9.84 Å². The highest BCUT2D eigenvalue weighted by molar-refractivity contribution is 7.91. The van der Waals surface area contributed by atoms with Crippen LogP contribution in [0.25, 0.3) is 0 Å². The second kappa shape index (κ2) is 8.10. The number of carbonyl (C=O) groups is 2. The summed E-state index contributed by atoms with van der Waals surface area (Å²) in [6, 6.07) is 12.7. The second-order valence-corrected chi connectivity index (χ2v) is 8.91. The molecule has 0 aliphatic heterocycles. The molecular formula is C19H19ClN2O4S. The Morgan fingerprint density at radius 1 is 1.04 bits per heavy atom. The molecule has 0 atom stereocenters. The molecule has 0 radical (unpaired) electrons. The number of rotatable bonds is 7. The molecule has 0 heterocycles. The predicted molar refractivity (Wildman–Crippen MR) is 104 cm³/mol. The number of benzene rings is 2. The third kappa shape index (κ3) is 5.30. The minimum atomic E-state index is -3.60. The van der Waals surface area contributed by atoms with Crippen LogP contribution >= 0.6 is 11.6 Å². The first-order chi connectivity index (χ1) is 12.8. The molecule has 1 aliphatic rings. The van der Waals surface area contributed by atoms with Crippen molar-refractivity contribution >= 4 is 38.9 Å². The van der Waals surface area contributed by atoms with E-state index in [1.54, 1.807) is 24.3 Å². The second-order valence-electron chi connectivity index (χ2n) is 6.36. The molecule has 1 fully saturated rings. The smallest absolute Gasteiger partial charge is 0.253 e. The van der Waals surface area contributed by atoms with Crippen molar-refractivity contribution in [1.82, 2.24) is 5.32 Å². The Labute approximate surface area is 162 Å². The zero-order valence-electron chi connectivity index (χ0n) is 14.4. The van der Waals surface area contributed by atoms with Crippen LogP contribution in [0.3, 0.4) is 0 Å². The summed E-state index contributed by atoms with van der Waals surface area (Å²) >= 11 is 5.76. The molecular weight excluding hydrogens is 388 g/mol. The first kappa shape index (κ1) is 19.4. The average molecular weight is 407 g/mol. The van der Waals surface area contributed by atoms with Crippen molar-refractivity contribution in [3.05, 3.63) is 59.1 Å².